The molecule has 8 heteroatoms. The molecule has 0 radical (unpaired) electrons. The number of hydrogen-bond donors (Lipinski definition) is 2. The highest BCUT2D eigenvalue weighted by Crippen LogP contribution is 2.21. The molecule has 2 N–H and O–H groups in total. The summed E-state index contributed by atoms with van der Waals surface area (Å²) in [5.74, 6) is -0.681. The third-order valence-corrected chi connectivity index (χ3v) is 5.10. The van der Waals surface area contributed by atoms with Gasteiger partial charge in [-0.2, -0.15) is 0 Å². The lowest BCUT2D eigenvalue weighted by atomic mass is 10.1. The first-order valence-electron chi connectivity index (χ1n) is 9.44. The fraction of sp³-hybridized carbons (Fsp3) is 0.381. The first-order valence-corrected chi connectivity index (χ1v) is 9.44. The van der Waals surface area contributed by atoms with Crippen LogP contribution in [0.1, 0.15) is 28.0 Å². The molecule has 2 atom stereocenters. The number of likely N-dealkylation sites (tertiary alicyclic amines) is 1. The summed E-state index contributed by atoms with van der Waals surface area (Å²) in [5, 5.41) is 12.3. The van der Waals surface area contributed by atoms with Gasteiger partial charge in [-0.25, -0.2) is 4.39 Å². The molecule has 0 aliphatic carbocycles. The van der Waals surface area contributed by atoms with Crippen molar-refractivity contribution in [1.82, 2.24) is 9.47 Å². The largest absolute Gasteiger partial charge is 0.388 e. The molecular weight excluding hydrogens is 377 g/mol. The third-order valence-electron chi connectivity index (χ3n) is 5.10. The average molecular weight is 401 g/mol. The molecule has 29 heavy (non-hydrogen) atoms. The molecule has 7 nitrogen and oxygen atoms in total. The van der Waals surface area contributed by atoms with E-state index >= 15 is 0 Å². The molecule has 1 fully saturated rings. The van der Waals surface area contributed by atoms with Gasteiger partial charge in [0.1, 0.15) is 12.3 Å². The Kier molecular flexibility index (Phi) is 6.12. The van der Waals surface area contributed by atoms with E-state index in [1.165, 1.54) is 15.5 Å². The molecule has 1 aliphatic heterocycles. The number of benzene rings is 1. The number of aryl methyl sites for hydroxylation is 2. The molecule has 0 unspecified atom stereocenters. The minimum Gasteiger partial charge on any atom is -0.388 e. The van der Waals surface area contributed by atoms with Crippen molar-refractivity contribution in [1.29, 1.82) is 0 Å². The number of nitrogens with zero attached hydrogens (tertiary/aromatic N) is 2. The van der Waals surface area contributed by atoms with Crippen molar-refractivity contribution in [3.05, 3.63) is 63.6 Å². The van der Waals surface area contributed by atoms with Gasteiger partial charge >= 0.3 is 0 Å². The number of aliphatic hydroxyl groups is 1. The second-order valence-electron chi connectivity index (χ2n) is 7.28. The molecule has 1 aliphatic rings. The molecule has 154 valence electrons. The molecule has 0 saturated carbocycles. The molecule has 2 aromatic rings. The number of carbonyl (C=O) groups excluding carboxylic acids is 2. The minimum absolute atomic E-state index is 0.0548. The molecular formula is C21H24FN3O4. The highest BCUT2D eigenvalue weighted by Gasteiger charge is 2.34. The lowest BCUT2D eigenvalue weighted by molar-refractivity contribution is -0.116. The van der Waals surface area contributed by atoms with Crippen molar-refractivity contribution >= 4 is 17.5 Å². The van der Waals surface area contributed by atoms with E-state index in [-0.39, 0.29) is 37.5 Å². The summed E-state index contributed by atoms with van der Waals surface area (Å²) in [7, 11) is 0. The Hall–Kier alpha value is -3.00. The van der Waals surface area contributed by atoms with Crippen LogP contribution in [0.4, 0.5) is 10.1 Å². The van der Waals surface area contributed by atoms with Gasteiger partial charge in [0.15, 0.2) is 0 Å². The predicted octanol–water partition coefficient (Wildman–Crippen LogP) is 1.65. The second kappa shape index (κ2) is 8.57. The van der Waals surface area contributed by atoms with E-state index in [0.29, 0.717) is 11.3 Å². The summed E-state index contributed by atoms with van der Waals surface area (Å²) in [6.07, 6.45) is -2.52. The zero-order chi connectivity index (χ0) is 21.1. The number of β-amino-alcohol motifs (C(OH)–C–C–N with tert-alkyl or cyclic N) is 1. The quantitative estimate of drug-likeness (QED) is 0.797. The maximum Gasteiger partial charge on any atom is 0.254 e. The number of carbonyl (C=O) groups is 2. The van der Waals surface area contributed by atoms with Crippen molar-refractivity contribution < 1.29 is 19.1 Å². The predicted molar refractivity (Wildman–Crippen MR) is 107 cm³/mol. The van der Waals surface area contributed by atoms with Gasteiger partial charge in [0.05, 0.1) is 6.54 Å². The third kappa shape index (κ3) is 4.71. The van der Waals surface area contributed by atoms with Crippen molar-refractivity contribution in [2.45, 2.75) is 39.1 Å². The molecule has 0 spiro atoms. The van der Waals surface area contributed by atoms with Crippen LogP contribution in [-0.2, 0) is 11.3 Å². The summed E-state index contributed by atoms with van der Waals surface area (Å²) >= 11 is 0. The highest BCUT2D eigenvalue weighted by atomic mass is 19.1. The standard InChI is InChI=1S/C21H24FN3O4/c1-13-6-7-15(21(29)24-11-16(22)18(26)12-24)10-17(13)23-19(27)8-9-25-14(2)4-3-5-20(25)28/h3-7,10,16,18,26H,8-9,11-12H2,1-2H3,(H,23,27)/t16-,18-/m1/s1. The first kappa shape index (κ1) is 20.7. The zero-order valence-electron chi connectivity index (χ0n) is 16.4. The number of hydrogen-bond acceptors (Lipinski definition) is 4. The Morgan fingerprint density at radius 3 is 2.62 bits per heavy atom. The van der Waals surface area contributed by atoms with E-state index < -0.39 is 18.2 Å². The maximum absolute atomic E-state index is 13.5. The number of alkyl halides is 1. The first-order chi connectivity index (χ1) is 13.8. The van der Waals surface area contributed by atoms with Gasteiger partial charge in [0.25, 0.3) is 11.5 Å². The highest BCUT2D eigenvalue weighted by molar-refractivity contribution is 5.98. The monoisotopic (exact) mass is 401 g/mol. The lowest BCUT2D eigenvalue weighted by Crippen LogP contribution is -2.29. The van der Waals surface area contributed by atoms with Gasteiger partial charge in [0.2, 0.25) is 5.91 Å². The van der Waals surface area contributed by atoms with Gasteiger partial charge < -0.3 is 19.9 Å². The Balaban J connectivity index is 1.67. The zero-order valence-corrected chi connectivity index (χ0v) is 16.4. The lowest BCUT2D eigenvalue weighted by Gasteiger charge is -2.17. The topological polar surface area (TPSA) is 91.6 Å². The normalized spacial score (nSPS) is 18.7. The van der Waals surface area contributed by atoms with Crippen LogP contribution in [0.15, 0.2) is 41.2 Å². The summed E-state index contributed by atoms with van der Waals surface area (Å²) in [5.41, 5.74) is 2.17. The van der Waals surface area contributed by atoms with E-state index in [9.17, 15) is 23.9 Å². The summed E-state index contributed by atoms with van der Waals surface area (Å²) < 4.78 is 15.0. The van der Waals surface area contributed by atoms with Crippen molar-refractivity contribution in [2.75, 3.05) is 18.4 Å². The second-order valence-corrected chi connectivity index (χ2v) is 7.28. The van der Waals surface area contributed by atoms with Gasteiger partial charge in [-0.3, -0.25) is 14.4 Å². The number of amides is 2. The molecule has 0 bridgehead atoms. The van der Waals surface area contributed by atoms with Crippen molar-refractivity contribution in [3.8, 4) is 0 Å². The summed E-state index contributed by atoms with van der Waals surface area (Å²) in [6, 6.07) is 9.78. The van der Waals surface area contributed by atoms with Crippen LogP contribution in [0.2, 0.25) is 0 Å². The van der Waals surface area contributed by atoms with E-state index in [1.54, 1.807) is 44.2 Å². The fourth-order valence-corrected chi connectivity index (χ4v) is 3.32. The van der Waals surface area contributed by atoms with Crippen molar-refractivity contribution in [3.63, 3.8) is 0 Å². The van der Waals surface area contributed by atoms with Gasteiger partial charge in [-0.05, 0) is 37.6 Å². The summed E-state index contributed by atoms with van der Waals surface area (Å²) in [6.45, 7) is 3.64. The Labute approximate surface area is 167 Å². The smallest absolute Gasteiger partial charge is 0.254 e. The van der Waals surface area contributed by atoms with Crippen LogP contribution in [0, 0.1) is 13.8 Å². The van der Waals surface area contributed by atoms with Crippen LogP contribution in [0.3, 0.4) is 0 Å². The molecule has 1 aromatic heterocycles. The summed E-state index contributed by atoms with van der Waals surface area (Å²) in [4.78, 5) is 38.1. The molecule has 1 aromatic carbocycles. The SMILES string of the molecule is Cc1ccc(C(=O)N2C[C@@H](O)[C@H](F)C2)cc1NC(=O)CCn1c(C)cccc1=O. The van der Waals surface area contributed by atoms with Crippen LogP contribution >= 0.6 is 0 Å². The van der Waals surface area contributed by atoms with Crippen LogP contribution in [-0.4, -0.2) is 51.8 Å². The Morgan fingerprint density at radius 1 is 1.21 bits per heavy atom. The van der Waals surface area contributed by atoms with E-state index in [1.807, 2.05) is 0 Å². The number of pyridine rings is 1. The van der Waals surface area contributed by atoms with E-state index in [2.05, 4.69) is 5.32 Å². The Bertz CT molecular complexity index is 978. The number of nitrogens with one attached hydrogen (secondary N) is 1. The average Bonchev–Trinajstić information content (AvgIpc) is 3.01. The van der Waals surface area contributed by atoms with Crippen LogP contribution in [0.5, 0.6) is 0 Å². The molecule has 2 amide bonds. The number of aliphatic hydroxyl groups excluding tert-OH is 1. The molecule has 2 heterocycles. The molecule has 1 saturated heterocycles. The number of aromatic nitrogens is 1. The number of anilines is 1. The van der Waals surface area contributed by atoms with Crippen molar-refractivity contribution in [2.24, 2.45) is 0 Å². The van der Waals surface area contributed by atoms with Gasteiger partial charge in [0, 0.05) is 42.5 Å². The number of halogens is 1. The van der Waals surface area contributed by atoms with Gasteiger partial charge in [-0.1, -0.05) is 12.1 Å². The fourth-order valence-electron chi connectivity index (χ4n) is 3.32. The van der Waals surface area contributed by atoms with Crippen LogP contribution in [0.25, 0.3) is 0 Å². The number of rotatable bonds is 5. The van der Waals surface area contributed by atoms with E-state index in [4.69, 9.17) is 0 Å². The van der Waals surface area contributed by atoms with Gasteiger partial charge in [-0.15, -0.1) is 0 Å². The van der Waals surface area contributed by atoms with E-state index in [0.717, 1.165) is 11.3 Å². The molecule has 3 rings (SSSR count). The minimum atomic E-state index is -1.45. The Morgan fingerprint density at radius 2 is 1.97 bits per heavy atom. The maximum atomic E-state index is 13.5. The van der Waals surface area contributed by atoms with Crippen LogP contribution < -0.4 is 10.9 Å².